The summed E-state index contributed by atoms with van der Waals surface area (Å²) in [6, 6.07) is 12.5. The maximum atomic E-state index is 13.1. The van der Waals surface area contributed by atoms with Gasteiger partial charge in [0.1, 0.15) is 17.2 Å². The Balaban J connectivity index is 1.96. The summed E-state index contributed by atoms with van der Waals surface area (Å²) in [5, 5.41) is 0. The Morgan fingerprint density at radius 1 is 1.04 bits per heavy atom. The van der Waals surface area contributed by atoms with Crippen LogP contribution in [0.4, 0.5) is 4.39 Å². The van der Waals surface area contributed by atoms with Gasteiger partial charge >= 0.3 is 0 Å². The van der Waals surface area contributed by atoms with Crippen LogP contribution in [-0.4, -0.2) is 28.1 Å². The number of amides is 2. The summed E-state index contributed by atoms with van der Waals surface area (Å²) in [6.07, 6.45) is 0. The molecule has 4 nitrogen and oxygen atoms in total. The number of rotatable bonds is 2. The predicted octanol–water partition coefficient (Wildman–Crippen LogP) is 3.34. The summed E-state index contributed by atoms with van der Waals surface area (Å²) in [7, 11) is 0. The highest BCUT2D eigenvalue weighted by molar-refractivity contribution is 6.49. The van der Waals surface area contributed by atoms with Crippen molar-refractivity contribution in [3.8, 4) is 0 Å². The molecule has 0 aromatic heterocycles. The molecule has 0 saturated carbocycles. The van der Waals surface area contributed by atoms with Crippen molar-refractivity contribution in [2.75, 3.05) is 0 Å². The van der Waals surface area contributed by atoms with Crippen LogP contribution in [0.15, 0.2) is 53.5 Å². The third-order valence-electron chi connectivity index (χ3n) is 3.96. The zero-order valence-electron chi connectivity index (χ0n) is 13.7. The van der Waals surface area contributed by atoms with Gasteiger partial charge in [0.25, 0.3) is 11.8 Å². The number of benzene rings is 2. The number of hydrogen-bond donors (Lipinski definition) is 0. The topological polar surface area (TPSA) is 49.7 Å². The number of aryl methyl sites for hydroxylation is 1. The Labute approximate surface area is 139 Å². The molecular formula is C19H17FN2O2. The standard InChI is InChI=1S/C19H17FN2O2/c1-12-4-6-14(7-5-12)17(23)22-18(24)16(21-19(22,2)3)13-8-10-15(20)11-9-13/h4-11H,1-3H3. The van der Waals surface area contributed by atoms with E-state index >= 15 is 0 Å². The van der Waals surface area contributed by atoms with Crippen molar-refractivity contribution >= 4 is 17.5 Å². The monoisotopic (exact) mass is 324 g/mol. The number of aliphatic imine (C=N–C) groups is 1. The van der Waals surface area contributed by atoms with Gasteiger partial charge in [-0.25, -0.2) is 9.29 Å². The minimum Gasteiger partial charge on any atom is -0.269 e. The normalized spacial score (nSPS) is 16.2. The van der Waals surface area contributed by atoms with E-state index in [0.29, 0.717) is 11.1 Å². The zero-order valence-corrected chi connectivity index (χ0v) is 13.7. The number of carbonyl (C=O) groups is 2. The van der Waals surface area contributed by atoms with Crippen molar-refractivity contribution in [2.45, 2.75) is 26.4 Å². The summed E-state index contributed by atoms with van der Waals surface area (Å²) < 4.78 is 13.1. The lowest BCUT2D eigenvalue weighted by atomic mass is 10.1. The lowest BCUT2D eigenvalue weighted by Crippen LogP contribution is -2.46. The minimum absolute atomic E-state index is 0.167. The highest BCUT2D eigenvalue weighted by Crippen LogP contribution is 2.28. The van der Waals surface area contributed by atoms with Crippen molar-refractivity contribution in [2.24, 2.45) is 4.99 Å². The second-order valence-corrected chi connectivity index (χ2v) is 6.27. The molecule has 0 N–H and O–H groups in total. The van der Waals surface area contributed by atoms with E-state index in [2.05, 4.69) is 4.99 Å². The molecule has 1 aliphatic rings. The summed E-state index contributed by atoms with van der Waals surface area (Å²) in [6.45, 7) is 5.33. The van der Waals surface area contributed by atoms with Gasteiger partial charge in [-0.2, -0.15) is 0 Å². The summed E-state index contributed by atoms with van der Waals surface area (Å²) in [4.78, 5) is 31.1. The fourth-order valence-corrected chi connectivity index (χ4v) is 2.69. The van der Waals surface area contributed by atoms with Crippen LogP contribution < -0.4 is 0 Å². The zero-order chi connectivity index (χ0) is 17.5. The van der Waals surface area contributed by atoms with E-state index < -0.39 is 23.3 Å². The van der Waals surface area contributed by atoms with E-state index in [1.807, 2.05) is 19.1 Å². The Kier molecular flexibility index (Phi) is 3.79. The van der Waals surface area contributed by atoms with Gasteiger partial charge in [-0.05, 0) is 57.2 Å². The lowest BCUT2D eigenvalue weighted by Gasteiger charge is -2.27. The van der Waals surface area contributed by atoms with E-state index in [9.17, 15) is 14.0 Å². The highest BCUT2D eigenvalue weighted by Gasteiger charge is 2.44. The van der Waals surface area contributed by atoms with Crippen LogP contribution in [-0.2, 0) is 4.79 Å². The van der Waals surface area contributed by atoms with E-state index in [1.54, 1.807) is 26.0 Å². The third-order valence-corrected chi connectivity index (χ3v) is 3.96. The first-order chi connectivity index (χ1) is 11.3. The van der Waals surface area contributed by atoms with Crippen LogP contribution in [0.5, 0.6) is 0 Å². The molecule has 2 amide bonds. The van der Waals surface area contributed by atoms with E-state index in [-0.39, 0.29) is 5.71 Å². The van der Waals surface area contributed by atoms with Crippen LogP contribution >= 0.6 is 0 Å². The third kappa shape index (κ3) is 2.73. The molecule has 0 saturated heterocycles. The quantitative estimate of drug-likeness (QED) is 0.796. The van der Waals surface area contributed by atoms with Crippen molar-refractivity contribution in [1.82, 2.24) is 4.90 Å². The number of halogens is 1. The van der Waals surface area contributed by atoms with E-state index in [0.717, 1.165) is 10.5 Å². The van der Waals surface area contributed by atoms with Crippen LogP contribution in [0.2, 0.25) is 0 Å². The SMILES string of the molecule is Cc1ccc(C(=O)N2C(=O)C(c3ccc(F)cc3)=NC2(C)C)cc1. The molecule has 0 radical (unpaired) electrons. The number of imide groups is 1. The van der Waals surface area contributed by atoms with Gasteiger partial charge in [0.05, 0.1) is 0 Å². The molecule has 0 unspecified atom stereocenters. The highest BCUT2D eigenvalue weighted by atomic mass is 19.1. The van der Waals surface area contributed by atoms with Gasteiger partial charge < -0.3 is 0 Å². The van der Waals surface area contributed by atoms with Crippen LogP contribution in [0.3, 0.4) is 0 Å². The molecule has 3 rings (SSSR count). The molecule has 24 heavy (non-hydrogen) atoms. The second-order valence-electron chi connectivity index (χ2n) is 6.27. The fourth-order valence-electron chi connectivity index (χ4n) is 2.69. The van der Waals surface area contributed by atoms with Crippen molar-refractivity contribution in [1.29, 1.82) is 0 Å². The number of nitrogens with zero attached hydrogens (tertiary/aromatic N) is 2. The molecule has 1 aliphatic heterocycles. The van der Waals surface area contributed by atoms with Crippen molar-refractivity contribution in [3.05, 3.63) is 71.0 Å². The van der Waals surface area contributed by atoms with Gasteiger partial charge in [-0.3, -0.25) is 14.6 Å². The molecule has 0 aliphatic carbocycles. The molecule has 0 spiro atoms. The van der Waals surface area contributed by atoms with Crippen LogP contribution in [0, 0.1) is 12.7 Å². The molecule has 0 atom stereocenters. The molecule has 122 valence electrons. The Morgan fingerprint density at radius 2 is 1.62 bits per heavy atom. The summed E-state index contributed by atoms with van der Waals surface area (Å²) in [5.41, 5.74) is 1.12. The fraction of sp³-hybridized carbons (Fsp3) is 0.211. The largest absolute Gasteiger partial charge is 0.281 e. The number of carbonyl (C=O) groups excluding carboxylic acids is 2. The first-order valence-electron chi connectivity index (χ1n) is 7.61. The second kappa shape index (κ2) is 5.67. The Morgan fingerprint density at radius 3 is 2.21 bits per heavy atom. The van der Waals surface area contributed by atoms with Crippen LogP contribution in [0.1, 0.15) is 35.3 Å². The molecule has 2 aromatic rings. The maximum absolute atomic E-state index is 13.1. The van der Waals surface area contributed by atoms with Crippen molar-refractivity contribution < 1.29 is 14.0 Å². The summed E-state index contributed by atoms with van der Waals surface area (Å²) >= 11 is 0. The number of hydrogen-bond acceptors (Lipinski definition) is 3. The van der Waals surface area contributed by atoms with E-state index in [4.69, 9.17) is 0 Å². The molecule has 2 aromatic carbocycles. The average molecular weight is 324 g/mol. The minimum atomic E-state index is -0.997. The Bertz CT molecular complexity index is 837. The van der Waals surface area contributed by atoms with Crippen molar-refractivity contribution in [3.63, 3.8) is 0 Å². The van der Waals surface area contributed by atoms with Gasteiger partial charge in [-0.1, -0.05) is 17.7 Å². The average Bonchev–Trinajstić information content (AvgIpc) is 2.78. The lowest BCUT2D eigenvalue weighted by molar-refractivity contribution is -0.123. The van der Waals surface area contributed by atoms with E-state index in [1.165, 1.54) is 24.3 Å². The van der Waals surface area contributed by atoms with Gasteiger partial charge in [0.2, 0.25) is 0 Å². The van der Waals surface area contributed by atoms with Gasteiger partial charge in [0, 0.05) is 11.1 Å². The van der Waals surface area contributed by atoms with Crippen LogP contribution in [0.25, 0.3) is 0 Å². The first-order valence-corrected chi connectivity index (χ1v) is 7.61. The maximum Gasteiger partial charge on any atom is 0.281 e. The molecular weight excluding hydrogens is 307 g/mol. The molecule has 5 heteroatoms. The molecule has 0 fully saturated rings. The first kappa shape index (κ1) is 16.1. The van der Waals surface area contributed by atoms with Gasteiger partial charge in [-0.15, -0.1) is 0 Å². The predicted molar refractivity (Wildman–Crippen MR) is 89.4 cm³/mol. The Hall–Kier alpha value is -2.82. The van der Waals surface area contributed by atoms with Gasteiger partial charge in [0.15, 0.2) is 0 Å². The molecule has 1 heterocycles. The summed E-state index contributed by atoms with van der Waals surface area (Å²) in [5.74, 6) is -1.26. The molecule has 0 bridgehead atoms. The smallest absolute Gasteiger partial charge is 0.269 e.